The molecular weight excluding hydrogens is 363 g/mol. The van der Waals surface area contributed by atoms with Crippen molar-refractivity contribution in [2.24, 2.45) is 0 Å². The molecule has 27 heavy (non-hydrogen) atoms. The largest absolute Gasteiger partial charge is 0.416 e. The normalized spacial score (nSPS) is 11.4. The van der Waals surface area contributed by atoms with E-state index < -0.39 is 17.3 Å². The van der Waals surface area contributed by atoms with Gasteiger partial charge in [-0.3, -0.25) is 4.79 Å². The van der Waals surface area contributed by atoms with Gasteiger partial charge in [-0.25, -0.2) is 4.68 Å². The zero-order chi connectivity index (χ0) is 19.8. The summed E-state index contributed by atoms with van der Waals surface area (Å²) in [5.41, 5.74) is -0.396. The number of nitrogens with zero attached hydrogens (tertiary/aromatic N) is 5. The second-order valence-corrected chi connectivity index (χ2v) is 5.75. The van der Waals surface area contributed by atoms with E-state index in [9.17, 15) is 18.0 Å². The second kappa shape index (κ2) is 6.68. The van der Waals surface area contributed by atoms with Crippen molar-refractivity contribution < 1.29 is 17.7 Å². The molecule has 3 rings (SSSR count). The lowest BCUT2D eigenvalue weighted by molar-refractivity contribution is -0.137. The second-order valence-electron chi connectivity index (χ2n) is 5.75. The number of nitriles is 1. The molecule has 0 aliphatic carbocycles. The van der Waals surface area contributed by atoms with Gasteiger partial charge in [0, 0.05) is 5.56 Å². The molecule has 3 aromatic rings. The summed E-state index contributed by atoms with van der Waals surface area (Å²) in [5, 5.41) is 16.9. The highest BCUT2D eigenvalue weighted by Gasteiger charge is 2.30. The Morgan fingerprint density at radius 2 is 2.04 bits per heavy atom. The van der Waals surface area contributed by atoms with Crippen LogP contribution in [0, 0.1) is 25.2 Å². The molecule has 0 spiro atoms. The average molecular weight is 375 g/mol. The molecule has 138 valence electrons. The third kappa shape index (κ3) is 3.57. The number of rotatable bonds is 3. The van der Waals surface area contributed by atoms with Crippen molar-refractivity contribution in [3.63, 3.8) is 0 Å². The lowest BCUT2D eigenvalue weighted by Gasteiger charge is -2.07. The molecule has 0 unspecified atom stereocenters. The Kier molecular flexibility index (Phi) is 4.53. The SMILES string of the molecule is Cc1nn(Cc2nc(-c3cccc(C(F)(F)F)c3)no2)c(=O)c(C#N)c1C. The van der Waals surface area contributed by atoms with Gasteiger partial charge in [-0.1, -0.05) is 17.3 Å². The number of hydrogen-bond donors (Lipinski definition) is 0. The molecule has 0 radical (unpaired) electrons. The van der Waals surface area contributed by atoms with Crippen LogP contribution in [0.5, 0.6) is 0 Å². The molecule has 0 saturated carbocycles. The van der Waals surface area contributed by atoms with Gasteiger partial charge in [0.25, 0.3) is 5.56 Å². The van der Waals surface area contributed by atoms with E-state index in [0.717, 1.165) is 16.8 Å². The van der Waals surface area contributed by atoms with E-state index in [0.29, 0.717) is 11.3 Å². The van der Waals surface area contributed by atoms with Gasteiger partial charge in [-0.15, -0.1) is 0 Å². The van der Waals surface area contributed by atoms with Crippen molar-refractivity contribution in [3.8, 4) is 17.5 Å². The zero-order valence-electron chi connectivity index (χ0n) is 14.2. The molecule has 0 N–H and O–H groups in total. The van der Waals surface area contributed by atoms with Crippen molar-refractivity contribution in [1.82, 2.24) is 19.9 Å². The topological polar surface area (TPSA) is 97.6 Å². The Balaban J connectivity index is 1.94. The first-order valence-corrected chi connectivity index (χ1v) is 7.69. The molecule has 0 bridgehead atoms. The fraction of sp³-hybridized carbons (Fsp3) is 0.235. The maximum Gasteiger partial charge on any atom is 0.416 e. The summed E-state index contributed by atoms with van der Waals surface area (Å²) >= 11 is 0. The highest BCUT2D eigenvalue weighted by molar-refractivity contribution is 5.55. The highest BCUT2D eigenvalue weighted by Crippen LogP contribution is 2.31. The molecule has 0 amide bonds. The first-order valence-electron chi connectivity index (χ1n) is 7.69. The fourth-order valence-corrected chi connectivity index (χ4v) is 2.41. The molecule has 0 saturated heterocycles. The Bertz CT molecular complexity index is 1110. The Labute approximate surface area is 150 Å². The van der Waals surface area contributed by atoms with E-state index in [-0.39, 0.29) is 29.4 Å². The quantitative estimate of drug-likeness (QED) is 0.698. The van der Waals surface area contributed by atoms with Crippen LogP contribution in [-0.2, 0) is 12.7 Å². The van der Waals surface area contributed by atoms with Crippen LogP contribution < -0.4 is 5.56 Å². The van der Waals surface area contributed by atoms with Gasteiger partial charge in [0.05, 0.1) is 11.3 Å². The molecule has 0 aliphatic rings. The predicted octanol–water partition coefficient (Wildman–Crippen LogP) is 2.85. The lowest BCUT2D eigenvalue weighted by atomic mass is 10.1. The number of benzene rings is 1. The van der Waals surface area contributed by atoms with Gasteiger partial charge in [0.15, 0.2) is 0 Å². The van der Waals surface area contributed by atoms with Gasteiger partial charge in [-0.05, 0) is 31.5 Å². The van der Waals surface area contributed by atoms with E-state index >= 15 is 0 Å². The molecular formula is C17H12F3N5O2. The minimum atomic E-state index is -4.49. The van der Waals surface area contributed by atoms with Crippen molar-refractivity contribution in [2.75, 3.05) is 0 Å². The van der Waals surface area contributed by atoms with Gasteiger partial charge in [-0.2, -0.15) is 28.5 Å². The third-order valence-electron chi connectivity index (χ3n) is 3.95. The minimum absolute atomic E-state index is 0.0239. The van der Waals surface area contributed by atoms with Crippen molar-refractivity contribution >= 4 is 0 Å². The van der Waals surface area contributed by atoms with Crippen LogP contribution in [0.25, 0.3) is 11.4 Å². The molecule has 10 heteroatoms. The monoisotopic (exact) mass is 375 g/mol. The maximum atomic E-state index is 12.8. The highest BCUT2D eigenvalue weighted by atomic mass is 19.4. The Hall–Kier alpha value is -3.48. The van der Waals surface area contributed by atoms with E-state index in [1.165, 1.54) is 12.1 Å². The maximum absolute atomic E-state index is 12.8. The first kappa shape index (κ1) is 18.3. The first-order chi connectivity index (χ1) is 12.7. The van der Waals surface area contributed by atoms with Crippen LogP contribution in [0.4, 0.5) is 13.2 Å². The van der Waals surface area contributed by atoms with Crippen LogP contribution in [0.3, 0.4) is 0 Å². The molecule has 1 aromatic carbocycles. The summed E-state index contributed by atoms with van der Waals surface area (Å²) in [6, 6.07) is 6.33. The molecule has 2 heterocycles. The Morgan fingerprint density at radius 3 is 2.70 bits per heavy atom. The summed E-state index contributed by atoms with van der Waals surface area (Å²) in [7, 11) is 0. The van der Waals surface area contributed by atoms with E-state index in [4.69, 9.17) is 9.78 Å². The van der Waals surface area contributed by atoms with Crippen LogP contribution in [-0.4, -0.2) is 19.9 Å². The summed E-state index contributed by atoms with van der Waals surface area (Å²) in [5.74, 6) is -0.0716. The standard InChI is InChI=1S/C17H12F3N5O2/c1-9-10(2)23-25(16(26)13(9)7-21)8-14-22-15(24-27-14)11-4-3-5-12(6-11)17(18,19)20/h3-6H,8H2,1-2H3. The zero-order valence-corrected chi connectivity index (χ0v) is 14.2. The molecule has 0 atom stereocenters. The van der Waals surface area contributed by atoms with Gasteiger partial charge < -0.3 is 4.52 Å². The number of hydrogen-bond acceptors (Lipinski definition) is 6. The lowest BCUT2D eigenvalue weighted by Crippen LogP contribution is -2.28. The van der Waals surface area contributed by atoms with Crippen LogP contribution in [0.1, 0.15) is 28.3 Å². The van der Waals surface area contributed by atoms with Crippen LogP contribution >= 0.6 is 0 Å². The Morgan fingerprint density at radius 1 is 1.30 bits per heavy atom. The number of alkyl halides is 3. The van der Waals surface area contributed by atoms with Crippen molar-refractivity contribution in [3.05, 3.63) is 62.9 Å². The van der Waals surface area contributed by atoms with Crippen LogP contribution in [0.2, 0.25) is 0 Å². The number of halogens is 3. The average Bonchev–Trinajstić information content (AvgIpc) is 3.08. The molecule has 7 nitrogen and oxygen atoms in total. The smallest absolute Gasteiger partial charge is 0.337 e. The minimum Gasteiger partial charge on any atom is -0.337 e. The number of aromatic nitrogens is 4. The summed E-state index contributed by atoms with van der Waals surface area (Å²) in [6.45, 7) is 3.06. The van der Waals surface area contributed by atoms with Gasteiger partial charge in [0.1, 0.15) is 18.2 Å². The molecule has 2 aromatic heterocycles. The fourth-order valence-electron chi connectivity index (χ4n) is 2.41. The van der Waals surface area contributed by atoms with Gasteiger partial charge >= 0.3 is 6.18 Å². The van der Waals surface area contributed by atoms with E-state index in [1.807, 2.05) is 6.07 Å². The number of aryl methyl sites for hydroxylation is 1. The van der Waals surface area contributed by atoms with Crippen molar-refractivity contribution in [1.29, 1.82) is 5.26 Å². The third-order valence-corrected chi connectivity index (χ3v) is 3.95. The summed E-state index contributed by atoms with van der Waals surface area (Å²) in [4.78, 5) is 16.3. The van der Waals surface area contributed by atoms with Crippen LogP contribution in [0.15, 0.2) is 33.6 Å². The molecule has 0 fully saturated rings. The van der Waals surface area contributed by atoms with E-state index in [2.05, 4.69) is 15.2 Å². The predicted molar refractivity (Wildman–Crippen MR) is 86.5 cm³/mol. The van der Waals surface area contributed by atoms with Crippen molar-refractivity contribution in [2.45, 2.75) is 26.6 Å². The summed E-state index contributed by atoms with van der Waals surface area (Å²) < 4.78 is 44.5. The van der Waals surface area contributed by atoms with E-state index in [1.54, 1.807) is 13.8 Å². The summed E-state index contributed by atoms with van der Waals surface area (Å²) in [6.07, 6.45) is -4.49. The van der Waals surface area contributed by atoms with Gasteiger partial charge in [0.2, 0.25) is 11.7 Å². The molecule has 0 aliphatic heterocycles.